The van der Waals surface area contributed by atoms with Crippen LogP contribution in [0.3, 0.4) is 0 Å². The minimum atomic E-state index is -4.32. The molecule has 0 aliphatic heterocycles. The molecular formula is C13H16ClF3. The maximum atomic E-state index is 12.9. The minimum absolute atomic E-state index is 0.0611. The third-order valence-corrected chi connectivity index (χ3v) is 3.11. The maximum absolute atomic E-state index is 12.9. The second-order valence-corrected chi connectivity index (χ2v) is 5.22. The Morgan fingerprint density at radius 3 is 2.00 bits per heavy atom. The summed E-state index contributed by atoms with van der Waals surface area (Å²) < 4.78 is 38.7. The van der Waals surface area contributed by atoms with Gasteiger partial charge in [0.15, 0.2) is 0 Å². The Morgan fingerprint density at radius 2 is 1.59 bits per heavy atom. The van der Waals surface area contributed by atoms with Crippen LogP contribution in [-0.4, -0.2) is 5.38 Å². The maximum Gasteiger partial charge on any atom is 0.416 e. The Labute approximate surface area is 105 Å². The Morgan fingerprint density at radius 1 is 1.06 bits per heavy atom. The molecule has 0 aliphatic carbocycles. The van der Waals surface area contributed by atoms with Gasteiger partial charge < -0.3 is 0 Å². The van der Waals surface area contributed by atoms with Gasteiger partial charge in [0.1, 0.15) is 0 Å². The van der Waals surface area contributed by atoms with Gasteiger partial charge in [0.25, 0.3) is 0 Å². The van der Waals surface area contributed by atoms with Crippen LogP contribution in [0.2, 0.25) is 0 Å². The van der Waals surface area contributed by atoms with Crippen LogP contribution in [0.25, 0.3) is 0 Å². The van der Waals surface area contributed by atoms with E-state index in [1.807, 2.05) is 13.8 Å². The fourth-order valence-corrected chi connectivity index (χ4v) is 2.61. The van der Waals surface area contributed by atoms with Crippen molar-refractivity contribution in [1.29, 1.82) is 0 Å². The van der Waals surface area contributed by atoms with Crippen LogP contribution in [0.4, 0.5) is 13.2 Å². The predicted molar refractivity (Wildman–Crippen MR) is 64.3 cm³/mol. The second kappa shape index (κ2) is 5.30. The fraction of sp³-hybridized carbons (Fsp3) is 0.538. The van der Waals surface area contributed by atoms with E-state index in [4.69, 9.17) is 11.6 Å². The standard InChI is InChI=1S/C13H16ClF3/c1-8(2)12(9(3)14)10-6-4-5-7-11(10)13(15,16)17/h4-9,12H,1-3H3. The van der Waals surface area contributed by atoms with Gasteiger partial charge in [0.2, 0.25) is 0 Å². The van der Waals surface area contributed by atoms with Gasteiger partial charge in [0, 0.05) is 11.3 Å². The lowest BCUT2D eigenvalue weighted by Gasteiger charge is -2.26. The van der Waals surface area contributed by atoms with Crippen molar-refractivity contribution in [3.63, 3.8) is 0 Å². The zero-order chi connectivity index (χ0) is 13.2. The van der Waals surface area contributed by atoms with E-state index < -0.39 is 11.7 Å². The van der Waals surface area contributed by atoms with E-state index in [1.54, 1.807) is 13.0 Å². The molecule has 2 atom stereocenters. The van der Waals surface area contributed by atoms with Crippen LogP contribution in [0.5, 0.6) is 0 Å². The van der Waals surface area contributed by atoms with E-state index in [9.17, 15) is 13.2 Å². The van der Waals surface area contributed by atoms with Crippen molar-refractivity contribution < 1.29 is 13.2 Å². The van der Waals surface area contributed by atoms with Crippen molar-refractivity contribution in [3.05, 3.63) is 35.4 Å². The van der Waals surface area contributed by atoms with Crippen LogP contribution in [-0.2, 0) is 6.18 Å². The molecule has 96 valence electrons. The molecule has 1 aromatic rings. The molecule has 0 amide bonds. The van der Waals surface area contributed by atoms with Crippen molar-refractivity contribution in [3.8, 4) is 0 Å². The summed E-state index contributed by atoms with van der Waals surface area (Å²) in [5.74, 6) is -0.236. The van der Waals surface area contributed by atoms with E-state index in [1.165, 1.54) is 12.1 Å². The lowest BCUT2D eigenvalue weighted by Crippen LogP contribution is -2.20. The van der Waals surface area contributed by atoms with E-state index in [-0.39, 0.29) is 22.8 Å². The van der Waals surface area contributed by atoms with Crippen LogP contribution >= 0.6 is 11.6 Å². The minimum Gasteiger partial charge on any atom is -0.166 e. The summed E-state index contributed by atoms with van der Waals surface area (Å²) in [6.45, 7) is 5.51. The zero-order valence-corrected chi connectivity index (χ0v) is 10.8. The van der Waals surface area contributed by atoms with E-state index in [0.717, 1.165) is 6.07 Å². The first-order valence-corrected chi connectivity index (χ1v) is 5.99. The van der Waals surface area contributed by atoms with Crippen LogP contribution in [0.1, 0.15) is 37.8 Å². The molecule has 0 spiro atoms. The van der Waals surface area contributed by atoms with E-state index in [0.29, 0.717) is 0 Å². The van der Waals surface area contributed by atoms with Gasteiger partial charge in [0.05, 0.1) is 5.56 Å². The lowest BCUT2D eigenvalue weighted by molar-refractivity contribution is -0.138. The molecule has 2 unspecified atom stereocenters. The number of hydrogen-bond donors (Lipinski definition) is 0. The smallest absolute Gasteiger partial charge is 0.166 e. The van der Waals surface area contributed by atoms with Gasteiger partial charge in [-0.25, -0.2) is 0 Å². The molecule has 0 radical (unpaired) electrons. The molecule has 0 aliphatic rings. The first kappa shape index (κ1) is 14.4. The number of alkyl halides is 4. The molecule has 0 saturated heterocycles. The van der Waals surface area contributed by atoms with Gasteiger partial charge in [-0.1, -0.05) is 32.0 Å². The first-order valence-electron chi connectivity index (χ1n) is 5.55. The highest BCUT2D eigenvalue weighted by molar-refractivity contribution is 6.20. The van der Waals surface area contributed by atoms with Gasteiger partial charge >= 0.3 is 6.18 Å². The van der Waals surface area contributed by atoms with Crippen molar-refractivity contribution in [2.75, 3.05) is 0 Å². The molecule has 0 nitrogen and oxygen atoms in total. The number of benzene rings is 1. The molecule has 0 aromatic heterocycles. The summed E-state index contributed by atoms with van der Waals surface area (Å²) in [5, 5.41) is -0.335. The lowest BCUT2D eigenvalue weighted by atomic mass is 9.83. The van der Waals surface area contributed by atoms with Gasteiger partial charge in [-0.05, 0) is 24.5 Å². The van der Waals surface area contributed by atoms with E-state index >= 15 is 0 Å². The van der Waals surface area contributed by atoms with Crippen LogP contribution in [0, 0.1) is 5.92 Å². The second-order valence-electron chi connectivity index (χ2n) is 4.53. The fourth-order valence-electron chi connectivity index (χ4n) is 2.18. The zero-order valence-electron chi connectivity index (χ0n) is 10.1. The van der Waals surface area contributed by atoms with Crippen molar-refractivity contribution in [1.82, 2.24) is 0 Å². The summed E-state index contributed by atoms with van der Waals surface area (Å²) in [5.41, 5.74) is -0.288. The number of hydrogen-bond acceptors (Lipinski definition) is 0. The average molecular weight is 265 g/mol. The Bertz CT molecular complexity index is 361. The van der Waals surface area contributed by atoms with Crippen molar-refractivity contribution >= 4 is 11.6 Å². The van der Waals surface area contributed by atoms with Crippen LogP contribution < -0.4 is 0 Å². The SMILES string of the molecule is CC(C)C(c1ccccc1C(F)(F)F)C(C)Cl. The van der Waals surface area contributed by atoms with Crippen molar-refractivity contribution in [2.45, 2.75) is 38.2 Å². The quantitative estimate of drug-likeness (QED) is 0.669. The third-order valence-electron chi connectivity index (χ3n) is 2.84. The molecule has 1 rings (SSSR count). The number of rotatable bonds is 3. The molecule has 0 heterocycles. The molecule has 4 heteroatoms. The average Bonchev–Trinajstić information content (AvgIpc) is 2.15. The molecular weight excluding hydrogens is 249 g/mol. The Kier molecular flexibility index (Phi) is 4.48. The van der Waals surface area contributed by atoms with E-state index in [2.05, 4.69) is 0 Å². The number of halogens is 4. The van der Waals surface area contributed by atoms with Gasteiger partial charge in [-0.2, -0.15) is 13.2 Å². The summed E-state index contributed by atoms with van der Waals surface area (Å²) in [6, 6.07) is 5.66. The summed E-state index contributed by atoms with van der Waals surface area (Å²) in [7, 11) is 0. The molecule has 0 saturated carbocycles. The highest BCUT2D eigenvalue weighted by atomic mass is 35.5. The first-order chi connectivity index (χ1) is 7.75. The highest BCUT2D eigenvalue weighted by Gasteiger charge is 2.36. The largest absolute Gasteiger partial charge is 0.416 e. The molecule has 1 aromatic carbocycles. The monoisotopic (exact) mass is 264 g/mol. The van der Waals surface area contributed by atoms with Crippen molar-refractivity contribution in [2.24, 2.45) is 5.92 Å². The highest BCUT2D eigenvalue weighted by Crippen LogP contribution is 2.39. The summed E-state index contributed by atoms with van der Waals surface area (Å²) in [4.78, 5) is 0. The summed E-state index contributed by atoms with van der Waals surface area (Å²) in [6.07, 6.45) is -4.32. The molecule has 17 heavy (non-hydrogen) atoms. The van der Waals surface area contributed by atoms with Gasteiger partial charge in [-0.3, -0.25) is 0 Å². The van der Waals surface area contributed by atoms with Gasteiger partial charge in [-0.15, -0.1) is 11.6 Å². The molecule has 0 fully saturated rings. The normalized spacial score (nSPS) is 16.0. The third kappa shape index (κ3) is 3.38. The van der Waals surface area contributed by atoms with Crippen LogP contribution in [0.15, 0.2) is 24.3 Å². The topological polar surface area (TPSA) is 0 Å². The predicted octanol–water partition coefficient (Wildman–Crippen LogP) is 5.07. The summed E-state index contributed by atoms with van der Waals surface area (Å²) >= 11 is 6.03. The Hall–Kier alpha value is -0.700. The molecule has 0 bridgehead atoms. The molecule has 0 N–H and O–H groups in total. The Balaban J connectivity index is 3.29.